The maximum absolute atomic E-state index is 11.1. The minimum atomic E-state index is -0.918. The number of methoxy groups -OCH3 is 1. The molecule has 1 aromatic carbocycles. The van der Waals surface area contributed by atoms with Crippen molar-refractivity contribution in [2.75, 3.05) is 12.4 Å². The summed E-state index contributed by atoms with van der Waals surface area (Å²) in [7, 11) is 1.61. The molecule has 4 nitrogen and oxygen atoms in total. The van der Waals surface area contributed by atoms with Crippen LogP contribution in [-0.4, -0.2) is 24.2 Å². The van der Waals surface area contributed by atoms with E-state index in [9.17, 15) is 4.79 Å². The first-order valence-corrected chi connectivity index (χ1v) is 7.50. The Morgan fingerprint density at radius 2 is 2.14 bits per heavy atom. The van der Waals surface area contributed by atoms with Crippen LogP contribution in [0, 0.1) is 11.3 Å². The highest BCUT2D eigenvalue weighted by Gasteiger charge is 2.32. The third-order valence-corrected chi connectivity index (χ3v) is 4.48. The lowest BCUT2D eigenvalue weighted by Gasteiger charge is -2.40. The first-order chi connectivity index (χ1) is 9.82. The van der Waals surface area contributed by atoms with E-state index in [0.29, 0.717) is 23.1 Å². The van der Waals surface area contributed by atoms with Crippen molar-refractivity contribution >= 4 is 11.7 Å². The molecule has 2 unspecified atom stereocenters. The molecule has 0 heterocycles. The zero-order valence-corrected chi connectivity index (χ0v) is 13.3. The second-order valence-corrected chi connectivity index (χ2v) is 6.86. The molecule has 1 aromatic rings. The summed E-state index contributed by atoms with van der Waals surface area (Å²) in [6.07, 6.45) is 3.44. The number of benzene rings is 1. The molecule has 0 saturated heterocycles. The predicted octanol–water partition coefficient (Wildman–Crippen LogP) is 4.02. The van der Waals surface area contributed by atoms with Gasteiger partial charge >= 0.3 is 5.97 Å². The molecule has 2 atom stereocenters. The summed E-state index contributed by atoms with van der Waals surface area (Å²) in [4.78, 5) is 11.1. The maximum atomic E-state index is 11.1. The molecule has 0 aromatic heterocycles. The molecular formula is C17H25NO3. The lowest BCUT2D eigenvalue weighted by Crippen LogP contribution is -2.37. The van der Waals surface area contributed by atoms with Gasteiger partial charge in [-0.05, 0) is 48.8 Å². The first-order valence-electron chi connectivity index (χ1n) is 7.50. The summed E-state index contributed by atoms with van der Waals surface area (Å²) in [6, 6.07) is 5.30. The summed E-state index contributed by atoms with van der Waals surface area (Å²) >= 11 is 0. The summed E-state index contributed by atoms with van der Waals surface area (Å²) in [6.45, 7) is 6.88. The predicted molar refractivity (Wildman–Crippen MR) is 84.2 cm³/mol. The number of hydrogen-bond donors (Lipinski definition) is 2. The van der Waals surface area contributed by atoms with E-state index in [1.165, 1.54) is 12.8 Å². The first kappa shape index (κ1) is 15.7. The van der Waals surface area contributed by atoms with Crippen LogP contribution in [0.3, 0.4) is 0 Å². The topological polar surface area (TPSA) is 58.6 Å². The van der Waals surface area contributed by atoms with Crippen LogP contribution in [0.4, 0.5) is 5.69 Å². The Kier molecular flexibility index (Phi) is 4.45. The summed E-state index contributed by atoms with van der Waals surface area (Å²) in [5, 5.41) is 12.6. The Bertz CT molecular complexity index is 525. The van der Waals surface area contributed by atoms with Crippen LogP contribution >= 0.6 is 0 Å². The molecule has 1 aliphatic carbocycles. The van der Waals surface area contributed by atoms with Crippen molar-refractivity contribution in [3.63, 3.8) is 0 Å². The van der Waals surface area contributed by atoms with Gasteiger partial charge in [-0.2, -0.15) is 0 Å². The SMILES string of the molecule is COc1ccc(C(=O)O)cc1NC1CCC(C)(C)CC1C. The van der Waals surface area contributed by atoms with Crippen molar-refractivity contribution in [3.8, 4) is 5.75 Å². The second kappa shape index (κ2) is 5.96. The van der Waals surface area contributed by atoms with E-state index in [1.807, 2.05) is 0 Å². The van der Waals surface area contributed by atoms with Crippen molar-refractivity contribution in [1.82, 2.24) is 0 Å². The lowest BCUT2D eigenvalue weighted by molar-refractivity contribution is 0.0697. The molecule has 116 valence electrons. The number of rotatable bonds is 4. The third-order valence-electron chi connectivity index (χ3n) is 4.48. The molecule has 0 amide bonds. The Hall–Kier alpha value is -1.71. The van der Waals surface area contributed by atoms with E-state index in [0.717, 1.165) is 12.1 Å². The van der Waals surface area contributed by atoms with E-state index in [1.54, 1.807) is 25.3 Å². The number of carbonyl (C=O) groups is 1. The lowest BCUT2D eigenvalue weighted by atomic mass is 9.70. The van der Waals surface area contributed by atoms with E-state index in [4.69, 9.17) is 9.84 Å². The molecular weight excluding hydrogens is 266 g/mol. The largest absolute Gasteiger partial charge is 0.495 e. The molecule has 0 spiro atoms. The fraction of sp³-hybridized carbons (Fsp3) is 0.588. The number of carboxylic acids is 1. The van der Waals surface area contributed by atoms with E-state index in [2.05, 4.69) is 26.1 Å². The highest BCUT2D eigenvalue weighted by atomic mass is 16.5. The molecule has 1 aliphatic rings. The van der Waals surface area contributed by atoms with Gasteiger partial charge in [0.05, 0.1) is 18.4 Å². The molecule has 2 rings (SSSR count). The van der Waals surface area contributed by atoms with Crippen molar-refractivity contribution in [2.45, 2.75) is 46.1 Å². The molecule has 0 aliphatic heterocycles. The van der Waals surface area contributed by atoms with Crippen molar-refractivity contribution < 1.29 is 14.6 Å². The van der Waals surface area contributed by atoms with Crippen LogP contribution < -0.4 is 10.1 Å². The van der Waals surface area contributed by atoms with E-state index in [-0.39, 0.29) is 5.56 Å². The zero-order valence-electron chi connectivity index (χ0n) is 13.3. The Morgan fingerprint density at radius 1 is 1.43 bits per heavy atom. The zero-order chi connectivity index (χ0) is 15.6. The average molecular weight is 291 g/mol. The highest BCUT2D eigenvalue weighted by Crippen LogP contribution is 2.40. The third kappa shape index (κ3) is 3.69. The van der Waals surface area contributed by atoms with Crippen molar-refractivity contribution in [2.24, 2.45) is 11.3 Å². The normalized spacial score (nSPS) is 24.4. The number of anilines is 1. The van der Waals surface area contributed by atoms with Gasteiger partial charge in [0, 0.05) is 6.04 Å². The summed E-state index contributed by atoms with van der Waals surface area (Å²) in [5.74, 6) is 0.322. The highest BCUT2D eigenvalue weighted by molar-refractivity contribution is 5.89. The van der Waals surface area contributed by atoms with Crippen molar-refractivity contribution in [3.05, 3.63) is 23.8 Å². The van der Waals surface area contributed by atoms with E-state index < -0.39 is 5.97 Å². The van der Waals surface area contributed by atoms with Crippen molar-refractivity contribution in [1.29, 1.82) is 0 Å². The minimum absolute atomic E-state index is 0.280. The fourth-order valence-electron chi connectivity index (χ4n) is 3.31. The molecule has 1 saturated carbocycles. The number of nitrogens with one attached hydrogen (secondary N) is 1. The van der Waals surface area contributed by atoms with Gasteiger partial charge in [0.15, 0.2) is 0 Å². The standard InChI is InChI=1S/C17H25NO3/c1-11-10-17(2,3)8-7-13(11)18-14-9-12(16(19)20)5-6-15(14)21-4/h5-6,9,11,13,18H,7-8,10H2,1-4H3,(H,19,20). The van der Waals surface area contributed by atoms with Gasteiger partial charge in [-0.15, -0.1) is 0 Å². The smallest absolute Gasteiger partial charge is 0.335 e. The average Bonchev–Trinajstić information content (AvgIpc) is 2.41. The van der Waals surface area contributed by atoms with Gasteiger partial charge in [0.1, 0.15) is 5.75 Å². The number of aromatic carboxylic acids is 1. The van der Waals surface area contributed by atoms with Gasteiger partial charge in [-0.25, -0.2) is 4.79 Å². The van der Waals surface area contributed by atoms with Gasteiger partial charge in [0.2, 0.25) is 0 Å². The van der Waals surface area contributed by atoms with Gasteiger partial charge < -0.3 is 15.2 Å². The molecule has 21 heavy (non-hydrogen) atoms. The number of carboxylic acid groups (broad SMARTS) is 1. The fourth-order valence-corrected chi connectivity index (χ4v) is 3.31. The van der Waals surface area contributed by atoms with Crippen LogP contribution in [0.5, 0.6) is 5.75 Å². The molecule has 0 bridgehead atoms. The second-order valence-electron chi connectivity index (χ2n) is 6.86. The number of ether oxygens (including phenoxy) is 1. The van der Waals surface area contributed by atoms with Crippen LogP contribution in [0.2, 0.25) is 0 Å². The van der Waals surface area contributed by atoms with Gasteiger partial charge in [-0.1, -0.05) is 20.8 Å². The Morgan fingerprint density at radius 3 is 2.71 bits per heavy atom. The molecule has 4 heteroatoms. The molecule has 1 fully saturated rings. The maximum Gasteiger partial charge on any atom is 0.335 e. The Labute approximate surface area is 126 Å². The summed E-state index contributed by atoms with van der Waals surface area (Å²) < 4.78 is 5.34. The van der Waals surface area contributed by atoms with Gasteiger partial charge in [0.25, 0.3) is 0 Å². The monoisotopic (exact) mass is 291 g/mol. The van der Waals surface area contributed by atoms with Crippen LogP contribution in [0.25, 0.3) is 0 Å². The van der Waals surface area contributed by atoms with Crippen LogP contribution in [-0.2, 0) is 0 Å². The summed E-state index contributed by atoms with van der Waals surface area (Å²) in [5.41, 5.74) is 1.45. The van der Waals surface area contributed by atoms with Gasteiger partial charge in [-0.3, -0.25) is 0 Å². The van der Waals surface area contributed by atoms with E-state index >= 15 is 0 Å². The minimum Gasteiger partial charge on any atom is -0.495 e. The quantitative estimate of drug-likeness (QED) is 0.879. The number of hydrogen-bond acceptors (Lipinski definition) is 3. The Balaban J connectivity index is 2.18. The molecule has 0 radical (unpaired) electrons. The van der Waals surface area contributed by atoms with Crippen LogP contribution in [0.15, 0.2) is 18.2 Å². The van der Waals surface area contributed by atoms with Crippen LogP contribution in [0.1, 0.15) is 50.4 Å². The molecule has 2 N–H and O–H groups in total.